The molecule has 0 aliphatic rings. The number of nitriles is 1. The Balaban J connectivity index is 2.41. The minimum atomic E-state index is -4.61. The molecule has 0 fully saturated rings. The molecule has 4 nitrogen and oxygen atoms in total. The third-order valence-electron chi connectivity index (χ3n) is 2.83. The van der Waals surface area contributed by atoms with Crippen LogP contribution in [0, 0.1) is 11.5 Å². The van der Waals surface area contributed by atoms with Crippen LogP contribution in [-0.2, 0) is 6.18 Å². The first-order valence-corrected chi connectivity index (χ1v) is 7.88. The van der Waals surface area contributed by atoms with Crippen molar-refractivity contribution >= 4 is 22.6 Å². The molecule has 0 saturated carbocycles. The minimum absolute atomic E-state index is 0.0476. The number of thioether (sulfide) groups is 1. The zero-order valence-electron chi connectivity index (χ0n) is 12.5. The van der Waals surface area contributed by atoms with E-state index in [-0.39, 0.29) is 16.6 Å². The highest BCUT2D eigenvalue weighted by Crippen LogP contribution is 2.39. The first-order valence-electron chi connectivity index (χ1n) is 6.66. The predicted molar refractivity (Wildman–Crippen MR) is 87.3 cm³/mol. The topological polar surface area (TPSA) is 57.4 Å². The van der Waals surface area contributed by atoms with Crippen LogP contribution < -0.4 is 10.1 Å². The minimum Gasteiger partial charge on any atom is -0.457 e. The summed E-state index contributed by atoms with van der Waals surface area (Å²) in [5.74, 6) is 0.476. The van der Waals surface area contributed by atoms with E-state index in [2.05, 4.69) is 10.3 Å². The van der Waals surface area contributed by atoms with Gasteiger partial charge in [-0.15, -0.1) is 0 Å². The Morgan fingerprint density at radius 1 is 1.17 bits per heavy atom. The lowest BCUT2D eigenvalue weighted by atomic mass is 10.1. The molecule has 2 aromatic rings. The standard InChI is InChI=1S/C16H12F3N3OS/c1-24-15(21-10-20)22-14-8-7-12(9-13(14)16(17,18)19)23-11-5-3-2-4-6-11/h2-9H,1H3,(H,21,22). The Morgan fingerprint density at radius 2 is 1.88 bits per heavy atom. The summed E-state index contributed by atoms with van der Waals surface area (Å²) in [6.07, 6.45) is -1.37. The molecule has 8 heteroatoms. The highest BCUT2D eigenvalue weighted by atomic mass is 32.2. The summed E-state index contributed by atoms with van der Waals surface area (Å²) in [6.45, 7) is 0. The lowest BCUT2D eigenvalue weighted by Crippen LogP contribution is -2.13. The molecule has 0 bridgehead atoms. The van der Waals surface area contributed by atoms with Crippen LogP contribution in [0.2, 0.25) is 0 Å². The van der Waals surface area contributed by atoms with Gasteiger partial charge in [-0.3, -0.25) is 5.32 Å². The maximum Gasteiger partial charge on any atom is 0.418 e. The quantitative estimate of drug-likeness (QED) is 0.369. The van der Waals surface area contributed by atoms with E-state index in [0.717, 1.165) is 17.8 Å². The number of ether oxygens (including phenoxy) is 1. The Labute approximate surface area is 141 Å². The third kappa shape index (κ3) is 4.67. The molecular formula is C16H12F3N3OS. The van der Waals surface area contributed by atoms with Crippen molar-refractivity contribution in [3.05, 3.63) is 54.1 Å². The van der Waals surface area contributed by atoms with Gasteiger partial charge < -0.3 is 4.74 Å². The number of hydrogen-bond donors (Lipinski definition) is 1. The van der Waals surface area contributed by atoms with Crippen molar-refractivity contribution in [2.45, 2.75) is 6.18 Å². The number of benzene rings is 2. The normalized spacial score (nSPS) is 11.7. The van der Waals surface area contributed by atoms with Crippen LogP contribution in [0.4, 0.5) is 18.9 Å². The molecule has 0 radical (unpaired) electrons. The van der Waals surface area contributed by atoms with Gasteiger partial charge >= 0.3 is 6.18 Å². The van der Waals surface area contributed by atoms with E-state index in [9.17, 15) is 13.2 Å². The Bertz CT molecular complexity index is 770. The number of hydrogen-bond acceptors (Lipinski definition) is 4. The van der Waals surface area contributed by atoms with Crippen molar-refractivity contribution in [3.8, 4) is 17.7 Å². The summed E-state index contributed by atoms with van der Waals surface area (Å²) in [7, 11) is 0. The molecule has 2 aromatic carbocycles. The van der Waals surface area contributed by atoms with Crippen LogP contribution in [0.25, 0.3) is 0 Å². The second kappa shape index (κ2) is 7.75. The summed E-state index contributed by atoms with van der Waals surface area (Å²) in [5, 5.41) is 10.9. The van der Waals surface area contributed by atoms with Crippen molar-refractivity contribution in [2.75, 3.05) is 6.26 Å². The van der Waals surface area contributed by atoms with E-state index in [1.54, 1.807) is 42.8 Å². The number of para-hydroxylation sites is 1. The van der Waals surface area contributed by atoms with E-state index in [1.807, 2.05) is 0 Å². The number of aliphatic imine (C=N–C) groups is 1. The van der Waals surface area contributed by atoms with Gasteiger partial charge in [-0.05, 0) is 36.6 Å². The van der Waals surface area contributed by atoms with E-state index in [1.165, 1.54) is 12.1 Å². The second-order valence-corrected chi connectivity index (χ2v) is 5.24. The van der Waals surface area contributed by atoms with Crippen molar-refractivity contribution in [1.82, 2.24) is 5.32 Å². The van der Waals surface area contributed by atoms with Crippen molar-refractivity contribution in [2.24, 2.45) is 4.99 Å². The van der Waals surface area contributed by atoms with Crippen molar-refractivity contribution < 1.29 is 17.9 Å². The van der Waals surface area contributed by atoms with Gasteiger partial charge in [-0.25, -0.2) is 4.99 Å². The lowest BCUT2D eigenvalue weighted by Gasteiger charge is -2.13. The smallest absolute Gasteiger partial charge is 0.418 e. The number of rotatable bonds is 3. The summed E-state index contributed by atoms with van der Waals surface area (Å²) in [6, 6.07) is 12.0. The van der Waals surface area contributed by atoms with E-state index >= 15 is 0 Å². The van der Waals surface area contributed by atoms with Crippen LogP contribution in [-0.4, -0.2) is 11.4 Å². The maximum atomic E-state index is 13.3. The fourth-order valence-corrected chi connectivity index (χ4v) is 2.15. The molecule has 0 atom stereocenters. The zero-order chi connectivity index (χ0) is 17.6. The monoisotopic (exact) mass is 351 g/mol. The van der Waals surface area contributed by atoms with Gasteiger partial charge in [0.25, 0.3) is 0 Å². The van der Waals surface area contributed by atoms with Gasteiger partial charge in [0.15, 0.2) is 11.4 Å². The van der Waals surface area contributed by atoms with Gasteiger partial charge in [0.05, 0.1) is 11.3 Å². The molecule has 0 amide bonds. The summed E-state index contributed by atoms with van der Waals surface area (Å²) in [5.41, 5.74) is -1.24. The highest BCUT2D eigenvalue weighted by Gasteiger charge is 2.34. The largest absolute Gasteiger partial charge is 0.457 e. The fraction of sp³-hybridized carbons (Fsp3) is 0.125. The number of amidine groups is 1. The zero-order valence-corrected chi connectivity index (χ0v) is 13.3. The summed E-state index contributed by atoms with van der Waals surface area (Å²) < 4.78 is 45.3. The molecule has 0 unspecified atom stereocenters. The highest BCUT2D eigenvalue weighted by molar-refractivity contribution is 8.13. The number of nitrogens with one attached hydrogen (secondary N) is 1. The molecule has 1 N–H and O–H groups in total. The molecule has 124 valence electrons. The Morgan fingerprint density at radius 3 is 2.46 bits per heavy atom. The maximum absolute atomic E-state index is 13.3. The van der Waals surface area contributed by atoms with E-state index in [0.29, 0.717) is 5.75 Å². The Hall–Kier alpha value is -2.66. The molecule has 0 spiro atoms. The van der Waals surface area contributed by atoms with Gasteiger partial charge in [-0.2, -0.15) is 18.4 Å². The first-order chi connectivity index (χ1) is 11.4. The molecule has 0 aromatic heterocycles. The predicted octanol–water partition coefficient (Wildman–Crippen LogP) is 4.92. The van der Waals surface area contributed by atoms with Gasteiger partial charge in [0, 0.05) is 0 Å². The van der Waals surface area contributed by atoms with Crippen LogP contribution in [0.3, 0.4) is 0 Å². The van der Waals surface area contributed by atoms with E-state index in [4.69, 9.17) is 10.00 Å². The molecule has 0 aliphatic carbocycles. The Kier molecular flexibility index (Phi) is 5.71. The number of nitrogens with zero attached hydrogens (tertiary/aromatic N) is 2. The van der Waals surface area contributed by atoms with Crippen molar-refractivity contribution in [3.63, 3.8) is 0 Å². The van der Waals surface area contributed by atoms with Crippen LogP contribution >= 0.6 is 11.8 Å². The average molecular weight is 351 g/mol. The van der Waals surface area contributed by atoms with Crippen molar-refractivity contribution in [1.29, 1.82) is 5.26 Å². The van der Waals surface area contributed by atoms with E-state index < -0.39 is 11.7 Å². The van der Waals surface area contributed by atoms with Crippen LogP contribution in [0.1, 0.15) is 5.56 Å². The SMILES string of the molecule is CSC(=Nc1ccc(Oc2ccccc2)cc1C(F)(F)F)NC#N. The lowest BCUT2D eigenvalue weighted by molar-refractivity contribution is -0.137. The summed E-state index contributed by atoms with van der Waals surface area (Å²) in [4.78, 5) is 3.85. The van der Waals surface area contributed by atoms with Crippen LogP contribution in [0.5, 0.6) is 11.5 Å². The molecule has 0 aliphatic heterocycles. The summed E-state index contributed by atoms with van der Waals surface area (Å²) >= 11 is 1.03. The first kappa shape index (κ1) is 17.7. The second-order valence-electron chi connectivity index (χ2n) is 4.45. The number of alkyl halides is 3. The van der Waals surface area contributed by atoms with Gasteiger partial charge in [-0.1, -0.05) is 30.0 Å². The van der Waals surface area contributed by atoms with Crippen LogP contribution in [0.15, 0.2) is 53.5 Å². The molecule has 0 saturated heterocycles. The molecule has 0 heterocycles. The molecule has 2 rings (SSSR count). The van der Waals surface area contributed by atoms with Gasteiger partial charge in [0.1, 0.15) is 11.5 Å². The number of halogens is 3. The van der Waals surface area contributed by atoms with Gasteiger partial charge in [0.2, 0.25) is 0 Å². The molecule has 24 heavy (non-hydrogen) atoms. The third-order valence-corrected chi connectivity index (χ3v) is 3.41. The molecular weight excluding hydrogens is 339 g/mol. The average Bonchev–Trinajstić information content (AvgIpc) is 2.55. The fourth-order valence-electron chi connectivity index (χ4n) is 1.81.